The fourth-order valence-corrected chi connectivity index (χ4v) is 3.31. The van der Waals surface area contributed by atoms with Crippen LogP contribution in [0.1, 0.15) is 26.7 Å². The van der Waals surface area contributed by atoms with Crippen molar-refractivity contribution in [2.75, 3.05) is 18.4 Å². The Morgan fingerprint density at radius 1 is 1.41 bits per heavy atom. The van der Waals surface area contributed by atoms with E-state index in [1.165, 1.54) is 12.1 Å². The van der Waals surface area contributed by atoms with E-state index in [0.29, 0.717) is 18.0 Å². The summed E-state index contributed by atoms with van der Waals surface area (Å²) in [6.45, 7) is 4.03. The first kappa shape index (κ1) is 16.6. The van der Waals surface area contributed by atoms with Crippen LogP contribution in [0.4, 0.5) is 5.69 Å². The number of anilines is 1. The molecule has 0 aliphatic carbocycles. The van der Waals surface area contributed by atoms with Crippen molar-refractivity contribution in [1.82, 2.24) is 4.72 Å². The minimum Gasteiger partial charge on any atom is -0.483 e. The lowest BCUT2D eigenvalue weighted by Gasteiger charge is -2.38. The predicted octanol–water partition coefficient (Wildman–Crippen LogP) is 1.41. The van der Waals surface area contributed by atoms with Crippen molar-refractivity contribution < 1.29 is 23.1 Å². The molecule has 0 atom stereocenters. The van der Waals surface area contributed by atoms with Gasteiger partial charge in [0.25, 0.3) is 0 Å². The van der Waals surface area contributed by atoms with Crippen molar-refractivity contribution in [3.63, 3.8) is 0 Å². The summed E-state index contributed by atoms with van der Waals surface area (Å²) in [4.78, 5) is 10.5. The van der Waals surface area contributed by atoms with Crippen LogP contribution in [0, 0.1) is 0 Å². The number of hydrogen-bond acceptors (Lipinski definition) is 5. The van der Waals surface area contributed by atoms with Gasteiger partial charge in [-0.05, 0) is 31.0 Å². The lowest BCUT2D eigenvalue weighted by atomic mass is 9.95. The molecular weight excluding hydrogens is 308 g/mol. The topological polar surface area (TPSA) is 105 Å². The standard InChI is InChI=1S/C14H20N2O5S/c1-3-14(4-2)9-15-11-7-10(5-6-12(11)21-14)22(19,20)16-8-13(17)18/h5-7,15-16H,3-4,8-9H2,1-2H3,(H,17,18). The first-order valence-electron chi connectivity index (χ1n) is 7.10. The molecule has 8 heteroatoms. The van der Waals surface area contributed by atoms with Gasteiger partial charge in [0.15, 0.2) is 0 Å². The van der Waals surface area contributed by atoms with Crippen LogP contribution >= 0.6 is 0 Å². The summed E-state index contributed by atoms with van der Waals surface area (Å²) in [7, 11) is -3.86. The van der Waals surface area contributed by atoms with Gasteiger partial charge in [-0.1, -0.05) is 13.8 Å². The second-order valence-corrected chi connectivity index (χ2v) is 6.99. The zero-order valence-electron chi connectivity index (χ0n) is 12.5. The van der Waals surface area contributed by atoms with Gasteiger partial charge in [0.2, 0.25) is 10.0 Å². The number of nitrogens with one attached hydrogen (secondary N) is 2. The molecule has 0 amide bonds. The quantitative estimate of drug-likeness (QED) is 0.729. The zero-order chi connectivity index (χ0) is 16.4. The Kier molecular flexibility index (Phi) is 4.62. The van der Waals surface area contributed by atoms with Crippen LogP contribution in [-0.4, -0.2) is 38.2 Å². The van der Waals surface area contributed by atoms with Gasteiger partial charge in [-0.25, -0.2) is 8.42 Å². The Hall–Kier alpha value is -1.80. The van der Waals surface area contributed by atoms with Gasteiger partial charge in [-0.15, -0.1) is 0 Å². The van der Waals surface area contributed by atoms with Crippen LogP contribution in [0.25, 0.3) is 0 Å². The first-order chi connectivity index (χ1) is 10.3. The van der Waals surface area contributed by atoms with Crippen LogP contribution in [0.3, 0.4) is 0 Å². The molecule has 22 heavy (non-hydrogen) atoms. The molecule has 2 rings (SSSR count). The van der Waals surface area contributed by atoms with Crippen molar-refractivity contribution in [2.24, 2.45) is 0 Å². The molecule has 0 unspecified atom stereocenters. The molecule has 0 aromatic heterocycles. The maximum absolute atomic E-state index is 12.0. The molecule has 3 N–H and O–H groups in total. The van der Waals surface area contributed by atoms with Crippen LogP contribution in [0.5, 0.6) is 5.75 Å². The third-order valence-electron chi connectivity index (χ3n) is 3.89. The van der Waals surface area contributed by atoms with Gasteiger partial charge >= 0.3 is 5.97 Å². The fourth-order valence-electron chi connectivity index (χ4n) is 2.31. The monoisotopic (exact) mass is 328 g/mol. The van der Waals surface area contributed by atoms with E-state index in [1.54, 1.807) is 6.07 Å². The maximum Gasteiger partial charge on any atom is 0.318 e. The number of sulfonamides is 1. The number of carbonyl (C=O) groups is 1. The van der Waals surface area contributed by atoms with E-state index in [1.807, 2.05) is 18.6 Å². The average Bonchev–Trinajstić information content (AvgIpc) is 2.52. The van der Waals surface area contributed by atoms with E-state index in [4.69, 9.17) is 9.84 Å². The summed E-state index contributed by atoms with van der Waals surface area (Å²) in [5, 5.41) is 11.8. The Labute approximate surface area is 129 Å². The van der Waals surface area contributed by atoms with E-state index >= 15 is 0 Å². The van der Waals surface area contributed by atoms with Crippen molar-refractivity contribution in [3.8, 4) is 5.75 Å². The molecule has 0 bridgehead atoms. The Morgan fingerprint density at radius 3 is 2.68 bits per heavy atom. The summed E-state index contributed by atoms with van der Waals surface area (Å²) < 4.78 is 32.1. The summed E-state index contributed by atoms with van der Waals surface area (Å²) in [6.07, 6.45) is 1.69. The van der Waals surface area contributed by atoms with E-state index in [2.05, 4.69) is 5.32 Å². The van der Waals surface area contributed by atoms with E-state index < -0.39 is 22.5 Å². The van der Waals surface area contributed by atoms with Crippen molar-refractivity contribution in [2.45, 2.75) is 37.2 Å². The molecule has 0 spiro atoms. The number of hydrogen-bond donors (Lipinski definition) is 3. The van der Waals surface area contributed by atoms with Crippen LogP contribution in [0.2, 0.25) is 0 Å². The van der Waals surface area contributed by atoms with Crippen LogP contribution < -0.4 is 14.8 Å². The lowest BCUT2D eigenvalue weighted by Crippen LogP contribution is -2.44. The molecule has 7 nitrogen and oxygen atoms in total. The first-order valence-corrected chi connectivity index (χ1v) is 8.58. The molecule has 1 heterocycles. The average molecular weight is 328 g/mol. The van der Waals surface area contributed by atoms with Crippen molar-refractivity contribution in [1.29, 1.82) is 0 Å². The molecule has 1 aliphatic heterocycles. The van der Waals surface area contributed by atoms with E-state index in [9.17, 15) is 13.2 Å². The van der Waals surface area contributed by atoms with Gasteiger partial charge in [-0.2, -0.15) is 4.72 Å². The highest BCUT2D eigenvalue weighted by Gasteiger charge is 2.33. The number of carboxylic acids is 1. The molecule has 0 saturated carbocycles. The molecule has 0 fully saturated rings. The molecular formula is C14H20N2O5S. The zero-order valence-corrected chi connectivity index (χ0v) is 13.4. The predicted molar refractivity (Wildman–Crippen MR) is 81.7 cm³/mol. The molecule has 122 valence electrons. The Bertz CT molecular complexity index is 668. The Balaban J connectivity index is 2.25. The van der Waals surface area contributed by atoms with E-state index in [-0.39, 0.29) is 10.5 Å². The van der Waals surface area contributed by atoms with E-state index in [0.717, 1.165) is 12.8 Å². The van der Waals surface area contributed by atoms with Crippen molar-refractivity contribution >= 4 is 21.7 Å². The molecule has 0 radical (unpaired) electrons. The van der Waals surface area contributed by atoms with Crippen LogP contribution in [0.15, 0.2) is 23.1 Å². The number of benzene rings is 1. The maximum atomic E-state index is 12.0. The number of carboxylic acid groups (broad SMARTS) is 1. The second kappa shape index (κ2) is 6.13. The minimum absolute atomic E-state index is 0.00379. The number of ether oxygens (including phenoxy) is 1. The normalized spacial score (nSPS) is 16.3. The molecule has 0 saturated heterocycles. The summed E-state index contributed by atoms with van der Waals surface area (Å²) >= 11 is 0. The summed E-state index contributed by atoms with van der Waals surface area (Å²) in [5.41, 5.74) is 0.310. The van der Waals surface area contributed by atoms with Gasteiger partial charge in [-0.3, -0.25) is 4.79 Å². The lowest BCUT2D eigenvalue weighted by molar-refractivity contribution is -0.135. The highest BCUT2D eigenvalue weighted by atomic mass is 32.2. The SMILES string of the molecule is CCC1(CC)CNc2cc(S(=O)(=O)NCC(=O)O)ccc2O1. The number of rotatable bonds is 6. The third kappa shape index (κ3) is 3.33. The fraction of sp³-hybridized carbons (Fsp3) is 0.500. The van der Waals surface area contributed by atoms with Gasteiger partial charge < -0.3 is 15.2 Å². The minimum atomic E-state index is -3.86. The highest BCUT2D eigenvalue weighted by molar-refractivity contribution is 7.89. The van der Waals surface area contributed by atoms with Gasteiger partial charge in [0.1, 0.15) is 17.9 Å². The Morgan fingerprint density at radius 2 is 2.09 bits per heavy atom. The van der Waals surface area contributed by atoms with Gasteiger partial charge in [0, 0.05) is 0 Å². The largest absolute Gasteiger partial charge is 0.483 e. The third-order valence-corrected chi connectivity index (χ3v) is 5.29. The summed E-state index contributed by atoms with van der Waals surface area (Å²) in [6, 6.07) is 4.46. The summed E-state index contributed by atoms with van der Waals surface area (Å²) in [5.74, 6) is -0.634. The number of fused-ring (bicyclic) bond motifs is 1. The van der Waals surface area contributed by atoms with Crippen LogP contribution in [-0.2, 0) is 14.8 Å². The molecule has 1 aromatic carbocycles. The molecule has 1 aromatic rings. The number of aliphatic carboxylic acids is 1. The van der Waals surface area contributed by atoms with Crippen molar-refractivity contribution in [3.05, 3.63) is 18.2 Å². The second-order valence-electron chi connectivity index (χ2n) is 5.22. The van der Waals surface area contributed by atoms with Gasteiger partial charge in [0.05, 0.1) is 17.1 Å². The molecule has 1 aliphatic rings. The smallest absolute Gasteiger partial charge is 0.318 e. The highest BCUT2D eigenvalue weighted by Crippen LogP contribution is 2.37.